The summed E-state index contributed by atoms with van der Waals surface area (Å²) >= 11 is 0. The van der Waals surface area contributed by atoms with Crippen molar-refractivity contribution in [2.24, 2.45) is 5.92 Å². The Bertz CT molecular complexity index is 226. The van der Waals surface area contributed by atoms with Gasteiger partial charge in [0.2, 0.25) is 0 Å². The zero-order valence-corrected chi connectivity index (χ0v) is 10.8. The van der Waals surface area contributed by atoms with E-state index in [4.69, 9.17) is 0 Å². The van der Waals surface area contributed by atoms with Crippen LogP contribution in [0.15, 0.2) is 11.6 Å². The van der Waals surface area contributed by atoms with Gasteiger partial charge >= 0.3 is 0 Å². The van der Waals surface area contributed by atoms with E-state index >= 15 is 0 Å². The molecule has 16 heavy (non-hydrogen) atoms. The van der Waals surface area contributed by atoms with Gasteiger partial charge in [-0.15, -0.1) is 0 Å². The standard InChI is InChI=1S/C15H27N/c1-16-15(14-10-6-3-7-11-14)12-13-8-4-2-5-9-13/h10,13,15-16H,2-9,11-12H2,1H3. The first-order valence-corrected chi connectivity index (χ1v) is 7.26. The van der Waals surface area contributed by atoms with Crippen LogP contribution in [0.2, 0.25) is 0 Å². The largest absolute Gasteiger partial charge is 0.313 e. The second kappa shape index (κ2) is 6.44. The quantitative estimate of drug-likeness (QED) is 0.706. The lowest BCUT2D eigenvalue weighted by Crippen LogP contribution is -2.31. The van der Waals surface area contributed by atoms with Crippen LogP contribution in [-0.4, -0.2) is 13.1 Å². The lowest BCUT2D eigenvalue weighted by atomic mass is 9.81. The Balaban J connectivity index is 1.86. The molecule has 2 aliphatic rings. The zero-order valence-electron chi connectivity index (χ0n) is 10.8. The third-order valence-corrected chi connectivity index (χ3v) is 4.42. The summed E-state index contributed by atoms with van der Waals surface area (Å²) in [6.07, 6.45) is 16.8. The number of rotatable bonds is 4. The molecule has 0 amide bonds. The second-order valence-electron chi connectivity index (χ2n) is 5.61. The third kappa shape index (κ3) is 3.35. The lowest BCUT2D eigenvalue weighted by molar-refractivity contribution is 0.312. The number of nitrogens with one attached hydrogen (secondary N) is 1. The van der Waals surface area contributed by atoms with Gasteiger partial charge in [-0.25, -0.2) is 0 Å². The molecule has 0 heterocycles. The van der Waals surface area contributed by atoms with Crippen LogP contribution >= 0.6 is 0 Å². The number of allylic oxidation sites excluding steroid dienone is 1. The fraction of sp³-hybridized carbons (Fsp3) is 0.867. The Kier molecular flexibility index (Phi) is 4.90. The number of hydrogen-bond donors (Lipinski definition) is 1. The van der Waals surface area contributed by atoms with Crippen LogP contribution in [0.1, 0.15) is 64.2 Å². The van der Waals surface area contributed by atoms with Crippen molar-refractivity contribution in [3.05, 3.63) is 11.6 Å². The molecule has 0 aromatic rings. The summed E-state index contributed by atoms with van der Waals surface area (Å²) in [5, 5.41) is 3.55. The third-order valence-electron chi connectivity index (χ3n) is 4.42. The van der Waals surface area contributed by atoms with Crippen LogP contribution in [0, 0.1) is 5.92 Å². The van der Waals surface area contributed by atoms with E-state index in [0.717, 1.165) is 5.92 Å². The highest BCUT2D eigenvalue weighted by atomic mass is 14.9. The maximum absolute atomic E-state index is 3.55. The normalized spacial score (nSPS) is 25.2. The molecular weight excluding hydrogens is 194 g/mol. The van der Waals surface area contributed by atoms with Crippen molar-refractivity contribution in [2.75, 3.05) is 7.05 Å². The molecule has 0 radical (unpaired) electrons. The average molecular weight is 221 g/mol. The van der Waals surface area contributed by atoms with Gasteiger partial charge in [-0.05, 0) is 45.1 Å². The van der Waals surface area contributed by atoms with Crippen LogP contribution in [0.4, 0.5) is 0 Å². The average Bonchev–Trinajstić information content (AvgIpc) is 2.38. The molecule has 1 fully saturated rings. The van der Waals surface area contributed by atoms with Crippen molar-refractivity contribution in [2.45, 2.75) is 70.3 Å². The second-order valence-corrected chi connectivity index (χ2v) is 5.61. The summed E-state index contributed by atoms with van der Waals surface area (Å²) in [4.78, 5) is 0. The first kappa shape index (κ1) is 12.2. The zero-order chi connectivity index (χ0) is 11.2. The van der Waals surface area contributed by atoms with Crippen molar-refractivity contribution < 1.29 is 0 Å². The Morgan fingerprint density at radius 2 is 2.00 bits per heavy atom. The van der Waals surface area contributed by atoms with Gasteiger partial charge in [0.25, 0.3) is 0 Å². The van der Waals surface area contributed by atoms with E-state index in [1.165, 1.54) is 64.2 Å². The summed E-state index contributed by atoms with van der Waals surface area (Å²) in [6.45, 7) is 0. The molecule has 0 saturated heterocycles. The molecule has 2 aliphatic carbocycles. The maximum Gasteiger partial charge on any atom is 0.0279 e. The number of likely N-dealkylation sites (N-methyl/N-ethyl adjacent to an activating group) is 1. The predicted molar refractivity (Wildman–Crippen MR) is 70.6 cm³/mol. The van der Waals surface area contributed by atoms with Gasteiger partial charge in [-0.2, -0.15) is 0 Å². The molecule has 1 nitrogen and oxygen atoms in total. The lowest BCUT2D eigenvalue weighted by Gasteiger charge is -2.29. The Hall–Kier alpha value is -0.300. The van der Waals surface area contributed by atoms with E-state index in [2.05, 4.69) is 18.4 Å². The Morgan fingerprint density at radius 3 is 2.62 bits per heavy atom. The summed E-state index contributed by atoms with van der Waals surface area (Å²) < 4.78 is 0. The molecular formula is C15H27N. The van der Waals surface area contributed by atoms with E-state index in [9.17, 15) is 0 Å². The van der Waals surface area contributed by atoms with Crippen LogP contribution < -0.4 is 5.32 Å². The van der Waals surface area contributed by atoms with E-state index < -0.39 is 0 Å². The van der Waals surface area contributed by atoms with Gasteiger partial charge in [0.15, 0.2) is 0 Å². The molecule has 0 aliphatic heterocycles. The highest BCUT2D eigenvalue weighted by Crippen LogP contribution is 2.30. The van der Waals surface area contributed by atoms with E-state index in [0.29, 0.717) is 6.04 Å². The molecule has 1 N–H and O–H groups in total. The summed E-state index contributed by atoms with van der Waals surface area (Å²) in [7, 11) is 2.14. The van der Waals surface area contributed by atoms with Crippen molar-refractivity contribution in [3.63, 3.8) is 0 Å². The first-order chi connectivity index (χ1) is 7.90. The fourth-order valence-corrected chi connectivity index (χ4v) is 3.39. The molecule has 2 rings (SSSR count). The van der Waals surface area contributed by atoms with Crippen molar-refractivity contribution >= 4 is 0 Å². The van der Waals surface area contributed by atoms with Gasteiger partial charge in [0.1, 0.15) is 0 Å². The molecule has 92 valence electrons. The molecule has 0 aromatic heterocycles. The topological polar surface area (TPSA) is 12.0 Å². The molecule has 1 heteroatoms. The van der Waals surface area contributed by atoms with Crippen molar-refractivity contribution in [1.29, 1.82) is 0 Å². The van der Waals surface area contributed by atoms with Gasteiger partial charge < -0.3 is 5.32 Å². The van der Waals surface area contributed by atoms with Gasteiger partial charge in [-0.1, -0.05) is 43.8 Å². The monoisotopic (exact) mass is 221 g/mol. The van der Waals surface area contributed by atoms with Crippen LogP contribution in [0.25, 0.3) is 0 Å². The molecule has 0 aromatic carbocycles. The first-order valence-electron chi connectivity index (χ1n) is 7.26. The Morgan fingerprint density at radius 1 is 1.19 bits per heavy atom. The molecule has 0 spiro atoms. The smallest absolute Gasteiger partial charge is 0.0279 e. The maximum atomic E-state index is 3.55. The minimum absolute atomic E-state index is 0.684. The predicted octanol–water partition coefficient (Wildman–Crippen LogP) is 4.05. The van der Waals surface area contributed by atoms with Crippen molar-refractivity contribution in [3.8, 4) is 0 Å². The van der Waals surface area contributed by atoms with Gasteiger partial charge in [0, 0.05) is 6.04 Å². The van der Waals surface area contributed by atoms with Crippen LogP contribution in [0.5, 0.6) is 0 Å². The summed E-state index contributed by atoms with van der Waals surface area (Å²) in [5.41, 5.74) is 1.71. The minimum Gasteiger partial charge on any atom is -0.313 e. The molecule has 0 bridgehead atoms. The van der Waals surface area contributed by atoms with Crippen LogP contribution in [0.3, 0.4) is 0 Å². The van der Waals surface area contributed by atoms with Crippen LogP contribution in [-0.2, 0) is 0 Å². The van der Waals surface area contributed by atoms with E-state index in [1.54, 1.807) is 5.57 Å². The highest BCUT2D eigenvalue weighted by molar-refractivity contribution is 5.13. The minimum atomic E-state index is 0.684. The summed E-state index contributed by atoms with van der Waals surface area (Å²) in [6, 6.07) is 0.684. The SMILES string of the molecule is CNC(CC1CCCCC1)C1=CCCCC1. The van der Waals surface area contributed by atoms with E-state index in [-0.39, 0.29) is 0 Å². The van der Waals surface area contributed by atoms with Gasteiger partial charge in [0.05, 0.1) is 0 Å². The van der Waals surface area contributed by atoms with Gasteiger partial charge in [-0.3, -0.25) is 0 Å². The molecule has 1 atom stereocenters. The number of hydrogen-bond acceptors (Lipinski definition) is 1. The molecule has 1 unspecified atom stereocenters. The highest BCUT2D eigenvalue weighted by Gasteiger charge is 2.21. The summed E-state index contributed by atoms with van der Waals surface area (Å²) in [5.74, 6) is 0.994. The van der Waals surface area contributed by atoms with E-state index in [1.807, 2.05) is 0 Å². The molecule has 1 saturated carbocycles. The fourth-order valence-electron chi connectivity index (χ4n) is 3.39. The Labute approximate surface area is 101 Å². The van der Waals surface area contributed by atoms with Crippen molar-refractivity contribution in [1.82, 2.24) is 5.32 Å².